The highest BCUT2D eigenvalue weighted by molar-refractivity contribution is 7.80. The average Bonchev–Trinajstić information content (AvgIpc) is 2.59. The zero-order valence-corrected chi connectivity index (χ0v) is 13.9. The number of nitrogens with one attached hydrogen (secondary N) is 1. The van der Waals surface area contributed by atoms with Gasteiger partial charge in [0, 0.05) is 17.9 Å². The molecule has 3 nitrogen and oxygen atoms in total. The fourth-order valence-corrected chi connectivity index (χ4v) is 2.40. The van der Waals surface area contributed by atoms with E-state index in [1.54, 1.807) is 36.4 Å². The maximum atomic E-state index is 12.9. The van der Waals surface area contributed by atoms with Crippen molar-refractivity contribution in [2.75, 3.05) is 16.8 Å². The maximum Gasteiger partial charge on any atom is 0.416 e. The zero-order valence-electron chi connectivity index (χ0n) is 13.0. The van der Waals surface area contributed by atoms with Gasteiger partial charge in [-0.25, -0.2) is 0 Å². The lowest BCUT2D eigenvalue weighted by Crippen LogP contribution is -2.35. The molecule has 2 aromatic rings. The molecular formula is C18H14F3N3S. The second-order valence-corrected chi connectivity index (χ2v) is 5.45. The fourth-order valence-electron chi connectivity index (χ4n) is 2.10. The molecule has 0 saturated heterocycles. The summed E-state index contributed by atoms with van der Waals surface area (Å²) in [5.41, 5.74) is 0.684. The highest BCUT2D eigenvalue weighted by atomic mass is 32.1. The molecule has 0 bridgehead atoms. The molecule has 0 saturated carbocycles. The van der Waals surface area contributed by atoms with Gasteiger partial charge in [0.2, 0.25) is 0 Å². The molecule has 0 amide bonds. The average molecular weight is 361 g/mol. The minimum absolute atomic E-state index is 0.226. The van der Waals surface area contributed by atoms with Gasteiger partial charge in [0.1, 0.15) is 0 Å². The van der Waals surface area contributed by atoms with Crippen molar-refractivity contribution in [2.45, 2.75) is 6.18 Å². The molecule has 1 N–H and O–H groups in total. The quantitative estimate of drug-likeness (QED) is 0.617. The van der Waals surface area contributed by atoms with E-state index in [1.807, 2.05) is 6.07 Å². The Balaban J connectivity index is 2.26. The smallest absolute Gasteiger partial charge is 0.332 e. The molecule has 0 unspecified atom stereocenters. The molecule has 0 radical (unpaired) electrons. The van der Waals surface area contributed by atoms with E-state index in [9.17, 15) is 13.2 Å². The van der Waals surface area contributed by atoms with Gasteiger partial charge in [0.25, 0.3) is 0 Å². The number of nitrogens with zero attached hydrogens (tertiary/aromatic N) is 2. The third-order valence-electron chi connectivity index (χ3n) is 3.31. The van der Waals surface area contributed by atoms with Crippen molar-refractivity contribution in [1.82, 2.24) is 0 Å². The molecule has 2 rings (SSSR count). The molecule has 0 atom stereocenters. The number of hydrogen-bond donors (Lipinski definition) is 1. The first-order valence-corrected chi connectivity index (χ1v) is 7.63. The van der Waals surface area contributed by atoms with Crippen LogP contribution in [0.5, 0.6) is 0 Å². The van der Waals surface area contributed by atoms with E-state index in [2.05, 4.69) is 11.9 Å². The Morgan fingerprint density at radius 1 is 1.24 bits per heavy atom. The van der Waals surface area contributed by atoms with Crippen molar-refractivity contribution in [3.8, 4) is 6.07 Å². The van der Waals surface area contributed by atoms with Gasteiger partial charge in [0.05, 0.1) is 17.2 Å². The molecule has 0 aliphatic carbocycles. The predicted molar refractivity (Wildman–Crippen MR) is 96.4 cm³/mol. The van der Waals surface area contributed by atoms with Crippen LogP contribution in [0.1, 0.15) is 11.1 Å². The lowest BCUT2D eigenvalue weighted by Gasteiger charge is -2.25. The summed E-state index contributed by atoms with van der Waals surface area (Å²) in [7, 11) is 0. The first-order valence-electron chi connectivity index (χ1n) is 7.22. The van der Waals surface area contributed by atoms with Gasteiger partial charge in [-0.15, -0.1) is 6.58 Å². The van der Waals surface area contributed by atoms with Gasteiger partial charge in [-0.2, -0.15) is 18.4 Å². The summed E-state index contributed by atoms with van der Waals surface area (Å²) in [6.45, 7) is 3.86. The third-order valence-corrected chi connectivity index (χ3v) is 3.63. The largest absolute Gasteiger partial charge is 0.416 e. The van der Waals surface area contributed by atoms with Gasteiger partial charge in [-0.05, 0) is 54.7 Å². The normalized spacial score (nSPS) is 10.6. The number of thiocarbonyl (C=S) groups is 1. The summed E-state index contributed by atoms with van der Waals surface area (Å²) >= 11 is 5.32. The number of halogens is 3. The lowest BCUT2D eigenvalue weighted by molar-refractivity contribution is -0.137. The summed E-state index contributed by atoms with van der Waals surface area (Å²) in [6, 6.07) is 13.5. The van der Waals surface area contributed by atoms with Crippen LogP contribution in [0.2, 0.25) is 0 Å². The molecule has 25 heavy (non-hydrogen) atoms. The molecule has 0 heterocycles. The van der Waals surface area contributed by atoms with Crippen molar-refractivity contribution in [2.24, 2.45) is 0 Å². The van der Waals surface area contributed by atoms with Crippen molar-refractivity contribution in [1.29, 1.82) is 5.26 Å². The van der Waals surface area contributed by atoms with Crippen LogP contribution in [0, 0.1) is 11.3 Å². The Morgan fingerprint density at radius 3 is 2.48 bits per heavy atom. The monoisotopic (exact) mass is 361 g/mol. The first-order chi connectivity index (χ1) is 11.8. The Hall–Kier alpha value is -2.85. The van der Waals surface area contributed by atoms with E-state index in [-0.39, 0.29) is 11.7 Å². The molecule has 0 spiro atoms. The summed E-state index contributed by atoms with van der Waals surface area (Å²) in [5.74, 6) is 0. The van der Waals surface area contributed by atoms with Crippen LogP contribution >= 0.6 is 12.2 Å². The molecule has 0 aliphatic rings. The maximum absolute atomic E-state index is 12.9. The SMILES string of the molecule is C=CCN(C(=S)Nc1ccc(C#N)cc1)c1cccc(C(F)(F)F)c1. The number of rotatable bonds is 4. The van der Waals surface area contributed by atoms with Gasteiger partial charge in [-0.1, -0.05) is 12.1 Å². The number of anilines is 2. The predicted octanol–water partition coefficient (Wildman–Crippen LogP) is 4.97. The van der Waals surface area contributed by atoms with Crippen LogP contribution in [-0.2, 0) is 6.18 Å². The molecule has 128 valence electrons. The van der Waals surface area contributed by atoms with Crippen LogP contribution in [0.3, 0.4) is 0 Å². The second-order valence-electron chi connectivity index (χ2n) is 5.07. The molecular weight excluding hydrogens is 347 g/mol. The van der Waals surface area contributed by atoms with Crippen LogP contribution in [0.4, 0.5) is 24.5 Å². The topological polar surface area (TPSA) is 39.1 Å². The van der Waals surface area contributed by atoms with Crippen LogP contribution in [0.15, 0.2) is 61.2 Å². The molecule has 0 fully saturated rings. The summed E-state index contributed by atoms with van der Waals surface area (Å²) < 4.78 is 38.8. The minimum Gasteiger partial charge on any atom is -0.332 e. The van der Waals surface area contributed by atoms with Crippen molar-refractivity contribution >= 4 is 28.7 Å². The Bertz CT molecular complexity index is 808. The number of benzene rings is 2. The van der Waals surface area contributed by atoms with Gasteiger partial charge >= 0.3 is 6.18 Å². The van der Waals surface area contributed by atoms with Crippen molar-refractivity contribution in [3.05, 3.63) is 72.3 Å². The number of nitriles is 1. The van der Waals surface area contributed by atoms with Gasteiger partial charge in [-0.3, -0.25) is 0 Å². The zero-order chi connectivity index (χ0) is 18.4. The highest BCUT2D eigenvalue weighted by Gasteiger charge is 2.31. The second kappa shape index (κ2) is 7.81. The van der Waals surface area contributed by atoms with E-state index in [0.717, 1.165) is 12.1 Å². The van der Waals surface area contributed by atoms with E-state index in [0.29, 0.717) is 16.9 Å². The molecule has 0 aliphatic heterocycles. The summed E-state index contributed by atoms with van der Waals surface area (Å²) in [4.78, 5) is 1.51. The van der Waals surface area contributed by atoms with Gasteiger partial charge < -0.3 is 10.2 Å². The molecule has 7 heteroatoms. The Kier molecular flexibility index (Phi) is 5.78. The van der Waals surface area contributed by atoms with Crippen molar-refractivity contribution in [3.63, 3.8) is 0 Å². The van der Waals surface area contributed by atoms with E-state index >= 15 is 0 Å². The Labute approximate surface area is 149 Å². The highest BCUT2D eigenvalue weighted by Crippen LogP contribution is 2.31. The van der Waals surface area contributed by atoms with E-state index in [1.165, 1.54) is 11.0 Å². The van der Waals surface area contributed by atoms with Gasteiger partial charge in [0.15, 0.2) is 5.11 Å². The summed E-state index contributed by atoms with van der Waals surface area (Å²) in [6.07, 6.45) is -2.88. The minimum atomic E-state index is -4.43. The number of hydrogen-bond acceptors (Lipinski definition) is 2. The van der Waals surface area contributed by atoms with Crippen molar-refractivity contribution < 1.29 is 13.2 Å². The van der Waals surface area contributed by atoms with E-state index in [4.69, 9.17) is 17.5 Å². The van der Waals surface area contributed by atoms with Crippen LogP contribution < -0.4 is 10.2 Å². The summed E-state index contributed by atoms with van der Waals surface area (Å²) in [5, 5.41) is 12.0. The Morgan fingerprint density at radius 2 is 1.92 bits per heavy atom. The van der Waals surface area contributed by atoms with Crippen LogP contribution in [-0.4, -0.2) is 11.7 Å². The molecule has 2 aromatic carbocycles. The standard InChI is InChI=1S/C18H14F3N3S/c1-2-10-24(16-5-3-4-14(11-16)18(19,20)21)17(25)23-15-8-6-13(12-22)7-9-15/h2-9,11H,1,10H2,(H,23,25). The number of alkyl halides is 3. The fraction of sp³-hybridized carbons (Fsp3) is 0.111. The van der Waals surface area contributed by atoms with E-state index < -0.39 is 11.7 Å². The first kappa shape index (κ1) is 18.5. The molecule has 0 aromatic heterocycles. The lowest BCUT2D eigenvalue weighted by atomic mass is 10.2. The van der Waals surface area contributed by atoms with Crippen LogP contribution in [0.25, 0.3) is 0 Å². The third kappa shape index (κ3) is 4.81.